The van der Waals surface area contributed by atoms with Crippen LogP contribution < -0.4 is 0 Å². The summed E-state index contributed by atoms with van der Waals surface area (Å²) in [5.41, 5.74) is -1.41. The van der Waals surface area contributed by atoms with Gasteiger partial charge >= 0.3 is 0 Å². The van der Waals surface area contributed by atoms with Gasteiger partial charge in [-0.1, -0.05) is 0 Å². The molecule has 13 heavy (non-hydrogen) atoms. The lowest BCUT2D eigenvalue weighted by molar-refractivity contribution is 0.111. The minimum Gasteiger partial charge on any atom is -0.298 e. The summed E-state index contributed by atoms with van der Waals surface area (Å²) >= 11 is 0. The molecule has 0 saturated carbocycles. The molecule has 1 nitrogen and oxygen atoms in total. The molecule has 5 heteroatoms. The van der Waals surface area contributed by atoms with E-state index in [1.807, 2.05) is 0 Å². The number of aldehydes is 1. The summed E-state index contributed by atoms with van der Waals surface area (Å²) in [4.78, 5) is 10.1. The Morgan fingerprint density at radius 1 is 1.23 bits per heavy atom. The zero-order valence-corrected chi connectivity index (χ0v) is 6.23. The number of hydrogen-bond acceptors (Lipinski definition) is 1. The maximum atomic E-state index is 12.6. The summed E-state index contributed by atoms with van der Waals surface area (Å²) in [7, 11) is 0. The van der Waals surface area contributed by atoms with Crippen molar-refractivity contribution in [2.24, 2.45) is 0 Å². The first-order valence-electron chi connectivity index (χ1n) is 3.28. The van der Waals surface area contributed by atoms with Crippen molar-refractivity contribution in [2.75, 3.05) is 0 Å². The first-order chi connectivity index (χ1) is 6.06. The Kier molecular flexibility index (Phi) is 2.65. The number of hydrogen-bond donors (Lipinski definition) is 0. The molecular formula is C8H4F4O. The van der Waals surface area contributed by atoms with E-state index in [9.17, 15) is 22.4 Å². The first-order valence-corrected chi connectivity index (χ1v) is 3.28. The lowest BCUT2D eigenvalue weighted by Gasteiger charge is -2.02. The molecule has 0 saturated heterocycles. The minimum atomic E-state index is -2.92. The summed E-state index contributed by atoms with van der Waals surface area (Å²) in [6.45, 7) is 0. The molecule has 0 unspecified atom stereocenters. The molecule has 0 N–H and O–H groups in total. The minimum absolute atomic E-state index is 0.00963. The number of carbonyl (C=O) groups is 1. The van der Waals surface area contributed by atoms with Gasteiger partial charge in [0.1, 0.15) is 0 Å². The summed E-state index contributed by atoms with van der Waals surface area (Å²) in [6, 6.07) is 0.989. The van der Waals surface area contributed by atoms with Crippen LogP contribution in [0.25, 0.3) is 0 Å². The molecule has 0 aliphatic rings. The smallest absolute Gasteiger partial charge is 0.263 e. The molecule has 0 fully saturated rings. The van der Waals surface area contributed by atoms with Crippen molar-refractivity contribution in [3.63, 3.8) is 0 Å². The topological polar surface area (TPSA) is 17.1 Å². The molecule has 1 aromatic carbocycles. The SMILES string of the molecule is O=Cc1cc(C(F)F)cc(F)c1F. The van der Waals surface area contributed by atoms with Crippen LogP contribution in [0.1, 0.15) is 22.3 Å². The van der Waals surface area contributed by atoms with Gasteiger partial charge in [0.05, 0.1) is 5.56 Å². The van der Waals surface area contributed by atoms with Crippen LogP contribution in [0.5, 0.6) is 0 Å². The maximum Gasteiger partial charge on any atom is 0.263 e. The van der Waals surface area contributed by atoms with Crippen LogP contribution in [0.4, 0.5) is 17.6 Å². The third kappa shape index (κ3) is 1.85. The average Bonchev–Trinajstić information content (AvgIpc) is 2.09. The third-order valence-corrected chi connectivity index (χ3v) is 1.46. The molecule has 0 aromatic heterocycles. The number of benzene rings is 1. The van der Waals surface area contributed by atoms with Gasteiger partial charge in [0.15, 0.2) is 17.9 Å². The lowest BCUT2D eigenvalue weighted by Crippen LogP contribution is -1.96. The molecule has 0 atom stereocenters. The zero-order chi connectivity index (χ0) is 10.0. The van der Waals surface area contributed by atoms with E-state index in [0.29, 0.717) is 12.1 Å². The highest BCUT2D eigenvalue weighted by Gasteiger charge is 2.15. The van der Waals surface area contributed by atoms with Gasteiger partial charge < -0.3 is 0 Å². The van der Waals surface area contributed by atoms with Crippen molar-refractivity contribution in [1.29, 1.82) is 0 Å². The van der Waals surface area contributed by atoms with Gasteiger partial charge in [-0.05, 0) is 12.1 Å². The fourth-order valence-electron chi connectivity index (χ4n) is 0.844. The Morgan fingerprint density at radius 3 is 2.31 bits per heavy atom. The molecule has 0 heterocycles. The van der Waals surface area contributed by atoms with E-state index < -0.39 is 29.2 Å². The monoisotopic (exact) mass is 192 g/mol. The molecular weight excluding hydrogens is 188 g/mol. The fraction of sp³-hybridized carbons (Fsp3) is 0.125. The molecule has 0 aliphatic carbocycles. The number of carbonyl (C=O) groups excluding carboxylic acids is 1. The van der Waals surface area contributed by atoms with Crippen molar-refractivity contribution in [2.45, 2.75) is 6.43 Å². The van der Waals surface area contributed by atoms with E-state index in [1.54, 1.807) is 0 Å². The highest BCUT2D eigenvalue weighted by molar-refractivity contribution is 5.75. The van der Waals surface area contributed by atoms with Crippen molar-refractivity contribution in [3.05, 3.63) is 34.9 Å². The van der Waals surface area contributed by atoms with Crippen LogP contribution in [-0.4, -0.2) is 6.29 Å². The predicted octanol–water partition coefficient (Wildman–Crippen LogP) is 2.71. The zero-order valence-electron chi connectivity index (χ0n) is 6.23. The van der Waals surface area contributed by atoms with Crippen LogP contribution >= 0.6 is 0 Å². The van der Waals surface area contributed by atoms with E-state index in [0.717, 1.165) is 0 Å². The van der Waals surface area contributed by atoms with Crippen LogP contribution in [0, 0.1) is 11.6 Å². The van der Waals surface area contributed by atoms with Crippen LogP contribution in [0.15, 0.2) is 12.1 Å². The third-order valence-electron chi connectivity index (χ3n) is 1.46. The van der Waals surface area contributed by atoms with Crippen LogP contribution in [-0.2, 0) is 0 Å². The summed E-state index contributed by atoms with van der Waals surface area (Å²) in [6.07, 6.45) is -2.93. The Bertz CT molecular complexity index is 335. The highest BCUT2D eigenvalue weighted by Crippen LogP contribution is 2.22. The maximum absolute atomic E-state index is 12.6. The summed E-state index contributed by atoms with van der Waals surface area (Å²) < 4.78 is 49.1. The second-order valence-corrected chi connectivity index (χ2v) is 2.32. The van der Waals surface area contributed by atoms with Gasteiger partial charge in [-0.15, -0.1) is 0 Å². The van der Waals surface area contributed by atoms with E-state index in [-0.39, 0.29) is 6.29 Å². The predicted molar refractivity (Wildman–Crippen MR) is 36.7 cm³/mol. The van der Waals surface area contributed by atoms with Crippen molar-refractivity contribution >= 4 is 6.29 Å². The largest absolute Gasteiger partial charge is 0.298 e. The number of rotatable bonds is 2. The van der Waals surface area contributed by atoms with Gasteiger partial charge in [0.25, 0.3) is 6.43 Å². The fourth-order valence-corrected chi connectivity index (χ4v) is 0.844. The van der Waals surface area contributed by atoms with Gasteiger partial charge in [-0.25, -0.2) is 17.6 Å². The standard InChI is InChI=1S/C8H4F4O/c9-6-2-4(8(11)12)1-5(3-13)7(6)10/h1-3,8H. The first kappa shape index (κ1) is 9.70. The van der Waals surface area contributed by atoms with E-state index in [2.05, 4.69) is 0 Å². The normalized spacial score (nSPS) is 10.5. The van der Waals surface area contributed by atoms with Gasteiger partial charge in [0, 0.05) is 5.56 Å². The Balaban J connectivity index is 3.30. The highest BCUT2D eigenvalue weighted by atomic mass is 19.3. The molecule has 0 bridgehead atoms. The Morgan fingerprint density at radius 2 is 1.85 bits per heavy atom. The van der Waals surface area contributed by atoms with Crippen molar-refractivity contribution in [3.8, 4) is 0 Å². The van der Waals surface area contributed by atoms with Crippen molar-refractivity contribution in [1.82, 2.24) is 0 Å². The summed E-state index contributed by atoms with van der Waals surface area (Å²) in [5.74, 6) is -2.85. The molecule has 0 amide bonds. The molecule has 0 spiro atoms. The molecule has 0 aliphatic heterocycles. The van der Waals surface area contributed by atoms with Crippen LogP contribution in [0.2, 0.25) is 0 Å². The Labute approximate surface area is 71.0 Å². The van der Waals surface area contributed by atoms with Gasteiger partial charge in [-0.2, -0.15) is 0 Å². The lowest BCUT2D eigenvalue weighted by atomic mass is 10.1. The Hall–Kier alpha value is -1.39. The summed E-state index contributed by atoms with van der Waals surface area (Å²) in [5, 5.41) is 0. The quantitative estimate of drug-likeness (QED) is 0.520. The number of alkyl halides is 2. The second kappa shape index (κ2) is 3.55. The van der Waals surface area contributed by atoms with Crippen LogP contribution in [0.3, 0.4) is 0 Å². The van der Waals surface area contributed by atoms with E-state index in [1.165, 1.54) is 0 Å². The van der Waals surface area contributed by atoms with Crippen molar-refractivity contribution < 1.29 is 22.4 Å². The van der Waals surface area contributed by atoms with E-state index in [4.69, 9.17) is 0 Å². The van der Waals surface area contributed by atoms with Gasteiger partial charge in [0.2, 0.25) is 0 Å². The number of halogens is 4. The molecule has 70 valence electrons. The average molecular weight is 192 g/mol. The van der Waals surface area contributed by atoms with Gasteiger partial charge in [-0.3, -0.25) is 4.79 Å². The molecule has 0 radical (unpaired) electrons. The van der Waals surface area contributed by atoms with E-state index >= 15 is 0 Å². The second-order valence-electron chi connectivity index (χ2n) is 2.32. The molecule has 1 rings (SSSR count). The molecule has 1 aromatic rings.